The molecule has 0 aromatic heterocycles. The number of rotatable bonds is 68. The normalized spacial score (nSPS) is 14.2. The summed E-state index contributed by atoms with van der Waals surface area (Å²) >= 11 is 0. The Morgan fingerprint density at radius 2 is 0.705 bits per heavy atom. The van der Waals surface area contributed by atoms with E-state index in [0.717, 1.165) is 83.5 Å². The maximum Gasteiger partial charge on any atom is 0.268 e. The Morgan fingerprint density at radius 1 is 0.409 bits per heavy atom. The van der Waals surface area contributed by atoms with Gasteiger partial charge in [-0.1, -0.05) is 342 Å². The van der Waals surface area contributed by atoms with Crippen molar-refractivity contribution in [2.75, 3.05) is 40.9 Å². The molecule has 2 N–H and O–H groups in total. The van der Waals surface area contributed by atoms with E-state index in [-0.39, 0.29) is 12.5 Å². The second kappa shape index (κ2) is 68.5. The number of aliphatic hydroxyl groups excluding tert-OH is 1. The van der Waals surface area contributed by atoms with Crippen LogP contribution >= 0.6 is 7.82 Å². The fourth-order valence-electron chi connectivity index (χ4n) is 10.7. The lowest BCUT2D eigenvalue weighted by molar-refractivity contribution is -0.870. The maximum absolute atomic E-state index is 13.1. The van der Waals surface area contributed by atoms with Crippen molar-refractivity contribution in [3.05, 3.63) is 109 Å². The van der Waals surface area contributed by atoms with Crippen molar-refractivity contribution in [1.82, 2.24) is 5.32 Å². The van der Waals surface area contributed by atoms with Gasteiger partial charge in [-0.25, -0.2) is 0 Å². The Labute approximate surface area is 546 Å². The van der Waals surface area contributed by atoms with E-state index in [2.05, 4.69) is 116 Å². The van der Waals surface area contributed by atoms with Gasteiger partial charge < -0.3 is 28.8 Å². The first-order valence-corrected chi connectivity index (χ1v) is 38.7. The average molecular weight is 1250 g/mol. The van der Waals surface area contributed by atoms with Crippen LogP contribution in [0.4, 0.5) is 0 Å². The molecule has 0 aromatic rings. The summed E-state index contributed by atoms with van der Waals surface area (Å²) in [6, 6.07) is -0.918. The minimum absolute atomic E-state index is 0.0122. The molecule has 1 amide bonds. The minimum Gasteiger partial charge on any atom is -0.756 e. The highest BCUT2D eigenvalue weighted by Gasteiger charge is 2.23. The van der Waals surface area contributed by atoms with Crippen LogP contribution in [0, 0.1) is 0 Å². The molecule has 0 bridgehead atoms. The number of nitrogens with zero attached hydrogens (tertiary/aromatic N) is 1. The molecule has 0 aliphatic rings. The molecule has 0 radical (unpaired) electrons. The second-order valence-electron chi connectivity index (χ2n) is 26.3. The largest absolute Gasteiger partial charge is 0.756 e. The van der Waals surface area contributed by atoms with E-state index in [0.29, 0.717) is 17.4 Å². The average Bonchev–Trinajstić information content (AvgIpc) is 3.64. The van der Waals surface area contributed by atoms with E-state index in [4.69, 9.17) is 9.05 Å². The zero-order chi connectivity index (χ0) is 64.1. The first-order chi connectivity index (χ1) is 43.0. The van der Waals surface area contributed by atoms with Crippen LogP contribution in [-0.4, -0.2) is 68.5 Å². The molecule has 510 valence electrons. The van der Waals surface area contributed by atoms with Gasteiger partial charge in [-0.15, -0.1) is 0 Å². The Balaban J connectivity index is 4.10. The lowest BCUT2D eigenvalue weighted by Crippen LogP contribution is -2.45. The maximum atomic E-state index is 13.1. The topological polar surface area (TPSA) is 108 Å². The second-order valence-corrected chi connectivity index (χ2v) is 27.7. The van der Waals surface area contributed by atoms with Crippen molar-refractivity contribution >= 4 is 13.7 Å². The lowest BCUT2D eigenvalue weighted by atomic mass is 10.0. The standard InChI is InChI=1S/C79H143N2O6P/c1-6-8-10-12-14-16-18-20-22-24-26-28-30-32-34-36-38-39-40-41-43-45-47-49-51-53-55-57-59-61-63-65-67-69-71-73-79(83)80-77(76-87-88(84,85)86-75-74-81(3,4)5)78(82)72-70-68-66-64-62-60-58-56-54-52-50-48-46-44-42-37-35-33-31-29-27-25-23-21-19-17-15-13-11-9-7-2/h8,10,14,16,20,22,26,28,32,34,38-39,54,56,62,64,70,72,77-78,82H,6-7,9,11-13,15,17-19,21,23-25,27,29-31,33,35-37,40-53,55,57-61,63,65-69,71,73-76H2,1-5H3,(H-,80,83,84,85)/b10-8-,16-14-,22-20-,28-26-,34-32-,39-38-,56-54+,64-62+,72-70+. The molecule has 0 rings (SSSR count). The highest BCUT2D eigenvalue weighted by molar-refractivity contribution is 7.45. The summed E-state index contributed by atoms with van der Waals surface area (Å²) in [4.78, 5) is 25.7. The number of amides is 1. The van der Waals surface area contributed by atoms with Gasteiger partial charge in [0.15, 0.2) is 0 Å². The molecule has 9 heteroatoms. The highest BCUT2D eigenvalue weighted by Crippen LogP contribution is 2.38. The Morgan fingerprint density at radius 3 is 1.06 bits per heavy atom. The van der Waals surface area contributed by atoms with Crippen molar-refractivity contribution < 1.29 is 32.9 Å². The van der Waals surface area contributed by atoms with Crippen molar-refractivity contribution in [1.29, 1.82) is 0 Å². The van der Waals surface area contributed by atoms with Gasteiger partial charge in [0, 0.05) is 6.42 Å². The minimum atomic E-state index is -4.62. The third-order valence-electron chi connectivity index (χ3n) is 16.4. The Bertz CT molecular complexity index is 1810. The van der Waals surface area contributed by atoms with E-state index in [1.807, 2.05) is 27.2 Å². The van der Waals surface area contributed by atoms with Crippen molar-refractivity contribution in [3.8, 4) is 0 Å². The zero-order valence-electron chi connectivity index (χ0n) is 58.4. The summed E-state index contributed by atoms with van der Waals surface area (Å²) in [6.07, 6.45) is 101. The number of carbonyl (C=O) groups is 1. The number of unbranched alkanes of at least 4 members (excludes halogenated alkanes) is 39. The number of likely N-dealkylation sites (N-methyl/N-ethyl adjacent to an activating group) is 1. The quantitative estimate of drug-likeness (QED) is 0.0272. The molecule has 0 aromatic carbocycles. The molecule has 3 unspecified atom stereocenters. The van der Waals surface area contributed by atoms with Crippen molar-refractivity contribution in [3.63, 3.8) is 0 Å². The van der Waals surface area contributed by atoms with Crippen LogP contribution in [0.5, 0.6) is 0 Å². The molecule has 0 aliphatic heterocycles. The van der Waals surface area contributed by atoms with Gasteiger partial charge in [0.1, 0.15) is 13.2 Å². The van der Waals surface area contributed by atoms with Crippen LogP contribution < -0.4 is 10.2 Å². The number of quaternary nitrogens is 1. The first-order valence-electron chi connectivity index (χ1n) is 37.2. The van der Waals surface area contributed by atoms with Crippen LogP contribution in [0.15, 0.2) is 109 Å². The monoisotopic (exact) mass is 1250 g/mol. The predicted octanol–water partition coefficient (Wildman–Crippen LogP) is 23.6. The molecule has 0 spiro atoms. The molecule has 0 saturated carbocycles. The smallest absolute Gasteiger partial charge is 0.268 e. The molecular formula is C79H143N2O6P. The summed E-state index contributed by atoms with van der Waals surface area (Å²) < 4.78 is 23.5. The third-order valence-corrected chi connectivity index (χ3v) is 17.4. The van der Waals surface area contributed by atoms with Gasteiger partial charge in [0.25, 0.3) is 7.82 Å². The van der Waals surface area contributed by atoms with Crippen molar-refractivity contribution in [2.45, 2.75) is 347 Å². The van der Waals surface area contributed by atoms with Gasteiger partial charge in [0.05, 0.1) is 39.9 Å². The Hall–Kier alpha value is -2.84. The van der Waals surface area contributed by atoms with Gasteiger partial charge in [-0.2, -0.15) is 0 Å². The van der Waals surface area contributed by atoms with E-state index in [9.17, 15) is 19.4 Å². The molecule has 8 nitrogen and oxygen atoms in total. The number of phosphoric acid groups is 1. The summed E-state index contributed by atoms with van der Waals surface area (Å²) in [5, 5.41) is 14.0. The van der Waals surface area contributed by atoms with Crippen LogP contribution in [0.2, 0.25) is 0 Å². The number of aliphatic hydroxyl groups is 1. The number of carbonyl (C=O) groups excluding carboxylic acids is 1. The molecule has 0 aliphatic carbocycles. The predicted molar refractivity (Wildman–Crippen MR) is 385 cm³/mol. The number of hydrogen-bond acceptors (Lipinski definition) is 6. The van der Waals surface area contributed by atoms with Gasteiger partial charge in [-0.3, -0.25) is 9.36 Å². The molecule has 0 heterocycles. The molecule has 3 atom stereocenters. The number of nitrogens with one attached hydrogen (secondary N) is 1. The molecule has 0 fully saturated rings. The third kappa shape index (κ3) is 70.6. The SMILES string of the molecule is CC/C=C\C/C=C\C/C=C\C/C=C\C/C=C\C/C=C\CCCCCCCCCCCCCCCCCCC(=O)NC(COP(=O)([O-])OCC[N+](C)(C)C)C(O)/C=C/CC/C=C/CC/C=C/CCCCCCCCCCCCCCCCCCCCCCC. The van der Waals surface area contributed by atoms with Gasteiger partial charge in [-0.05, 0) is 96.3 Å². The van der Waals surface area contributed by atoms with Crippen LogP contribution in [-0.2, 0) is 18.4 Å². The summed E-state index contributed by atoms with van der Waals surface area (Å²) in [7, 11) is 1.24. The van der Waals surface area contributed by atoms with E-state index < -0.39 is 26.6 Å². The lowest BCUT2D eigenvalue weighted by Gasteiger charge is -2.29. The summed E-state index contributed by atoms with van der Waals surface area (Å²) in [5.41, 5.74) is 0. The molecule has 88 heavy (non-hydrogen) atoms. The van der Waals surface area contributed by atoms with Gasteiger partial charge in [0.2, 0.25) is 5.91 Å². The fraction of sp³-hybridized carbons (Fsp3) is 0.759. The van der Waals surface area contributed by atoms with E-state index in [1.165, 1.54) is 231 Å². The first kappa shape index (κ1) is 85.2. The number of allylic oxidation sites excluding steroid dienone is 17. The highest BCUT2D eigenvalue weighted by atomic mass is 31.2. The van der Waals surface area contributed by atoms with E-state index >= 15 is 0 Å². The van der Waals surface area contributed by atoms with Crippen LogP contribution in [0.1, 0.15) is 335 Å². The number of hydrogen-bond donors (Lipinski definition) is 2. The summed E-state index contributed by atoms with van der Waals surface area (Å²) in [5.74, 6) is -0.211. The molecular weight excluding hydrogens is 1100 g/mol. The molecule has 0 saturated heterocycles. The Kier molecular flexibility index (Phi) is 66.3. The van der Waals surface area contributed by atoms with E-state index in [1.54, 1.807) is 6.08 Å². The number of phosphoric ester groups is 1. The summed E-state index contributed by atoms with van der Waals surface area (Å²) in [6.45, 7) is 4.54. The van der Waals surface area contributed by atoms with Gasteiger partial charge >= 0.3 is 0 Å². The van der Waals surface area contributed by atoms with Crippen molar-refractivity contribution in [2.24, 2.45) is 0 Å². The fourth-order valence-corrected chi connectivity index (χ4v) is 11.4. The van der Waals surface area contributed by atoms with Crippen LogP contribution in [0.3, 0.4) is 0 Å². The zero-order valence-corrected chi connectivity index (χ0v) is 59.3. The van der Waals surface area contributed by atoms with Crippen LogP contribution in [0.25, 0.3) is 0 Å².